The first kappa shape index (κ1) is 22.6. The molecule has 7 nitrogen and oxygen atoms in total. The standard InChI is InChI=1S/C16H31N3O4S/c1-15(2,3)22-13(20)10(17)8-7-9-11(12(18)24)19-14(21)23-16(4,5)6/h10-11H,7-9,17H2,1-6H3,(H2,18,24)(H,19,21)/t10-,11?/m0/s1. The van der Waals surface area contributed by atoms with Gasteiger partial charge in [0.15, 0.2) is 0 Å². The van der Waals surface area contributed by atoms with Crippen molar-refractivity contribution in [3.63, 3.8) is 0 Å². The number of carbonyl (C=O) groups is 2. The van der Waals surface area contributed by atoms with Crippen LogP contribution in [0.4, 0.5) is 4.79 Å². The Bertz CT molecular complexity index is 455. The molecule has 0 aliphatic heterocycles. The average molecular weight is 362 g/mol. The summed E-state index contributed by atoms with van der Waals surface area (Å²) in [6.45, 7) is 10.6. The summed E-state index contributed by atoms with van der Waals surface area (Å²) in [7, 11) is 0. The Morgan fingerprint density at radius 1 is 1.04 bits per heavy atom. The third-order valence-corrected chi connectivity index (χ3v) is 3.04. The van der Waals surface area contributed by atoms with E-state index < -0.39 is 35.3 Å². The van der Waals surface area contributed by atoms with Crippen LogP contribution in [0.2, 0.25) is 0 Å². The molecule has 140 valence electrons. The van der Waals surface area contributed by atoms with Crippen LogP contribution in [0, 0.1) is 0 Å². The second kappa shape index (κ2) is 9.17. The summed E-state index contributed by atoms with van der Waals surface area (Å²) in [6.07, 6.45) is 0.838. The third-order valence-electron chi connectivity index (χ3n) is 2.75. The predicted molar refractivity (Wildman–Crippen MR) is 97.6 cm³/mol. The topological polar surface area (TPSA) is 117 Å². The number of esters is 1. The molecule has 0 aliphatic rings. The smallest absolute Gasteiger partial charge is 0.408 e. The lowest BCUT2D eigenvalue weighted by Crippen LogP contribution is -2.45. The van der Waals surface area contributed by atoms with Crippen molar-refractivity contribution in [3.05, 3.63) is 0 Å². The lowest BCUT2D eigenvalue weighted by molar-refractivity contribution is -0.156. The number of carbonyl (C=O) groups excluding carboxylic acids is 2. The Balaban J connectivity index is 4.39. The van der Waals surface area contributed by atoms with Crippen LogP contribution in [-0.2, 0) is 14.3 Å². The summed E-state index contributed by atoms with van der Waals surface area (Å²) >= 11 is 4.96. The fraction of sp³-hybridized carbons (Fsp3) is 0.812. The predicted octanol–water partition coefficient (Wildman–Crippen LogP) is 2.01. The summed E-state index contributed by atoms with van der Waals surface area (Å²) in [5.41, 5.74) is 10.3. The van der Waals surface area contributed by atoms with Gasteiger partial charge in [0.25, 0.3) is 0 Å². The lowest BCUT2D eigenvalue weighted by Gasteiger charge is -2.24. The van der Waals surface area contributed by atoms with Crippen molar-refractivity contribution in [2.45, 2.75) is 84.1 Å². The first-order valence-corrected chi connectivity index (χ1v) is 8.39. The highest BCUT2D eigenvalue weighted by Crippen LogP contribution is 2.12. The summed E-state index contributed by atoms with van der Waals surface area (Å²) in [5.74, 6) is -0.450. The van der Waals surface area contributed by atoms with Crippen LogP contribution in [0.25, 0.3) is 0 Å². The van der Waals surface area contributed by atoms with Gasteiger partial charge in [-0.1, -0.05) is 12.2 Å². The van der Waals surface area contributed by atoms with Crippen molar-refractivity contribution in [2.24, 2.45) is 11.5 Å². The van der Waals surface area contributed by atoms with Gasteiger partial charge in [-0.25, -0.2) is 4.79 Å². The van der Waals surface area contributed by atoms with Crippen molar-refractivity contribution < 1.29 is 19.1 Å². The maximum Gasteiger partial charge on any atom is 0.408 e. The van der Waals surface area contributed by atoms with Crippen LogP contribution in [0.5, 0.6) is 0 Å². The molecule has 0 aliphatic carbocycles. The van der Waals surface area contributed by atoms with Gasteiger partial charge in [-0.2, -0.15) is 0 Å². The number of thiocarbonyl (C=S) groups is 1. The number of rotatable bonds is 7. The Kier molecular flexibility index (Phi) is 8.63. The number of nitrogens with two attached hydrogens (primary N) is 2. The zero-order valence-electron chi connectivity index (χ0n) is 15.5. The van der Waals surface area contributed by atoms with Crippen molar-refractivity contribution in [1.82, 2.24) is 5.32 Å². The van der Waals surface area contributed by atoms with Gasteiger partial charge in [0.05, 0.1) is 11.0 Å². The number of alkyl carbamates (subject to hydrolysis) is 1. The minimum absolute atomic E-state index is 0.159. The van der Waals surface area contributed by atoms with E-state index in [9.17, 15) is 9.59 Å². The summed E-state index contributed by atoms with van der Waals surface area (Å²) in [6, 6.07) is -1.24. The molecule has 0 saturated heterocycles. The van der Waals surface area contributed by atoms with Crippen LogP contribution in [0.1, 0.15) is 60.8 Å². The molecule has 5 N–H and O–H groups in total. The van der Waals surface area contributed by atoms with Crippen LogP contribution >= 0.6 is 12.2 Å². The molecule has 0 aromatic heterocycles. The molecule has 1 unspecified atom stereocenters. The summed E-state index contributed by atoms with van der Waals surface area (Å²) < 4.78 is 10.4. The molecule has 0 radical (unpaired) electrons. The quantitative estimate of drug-likeness (QED) is 0.469. The number of amides is 1. The van der Waals surface area contributed by atoms with Crippen LogP contribution in [-0.4, -0.2) is 40.3 Å². The zero-order chi connectivity index (χ0) is 19.1. The molecule has 8 heteroatoms. The van der Waals surface area contributed by atoms with Crippen molar-refractivity contribution in [1.29, 1.82) is 0 Å². The van der Waals surface area contributed by atoms with E-state index >= 15 is 0 Å². The molecule has 0 fully saturated rings. The maximum absolute atomic E-state index is 11.8. The largest absolute Gasteiger partial charge is 0.459 e. The van der Waals surface area contributed by atoms with Crippen molar-refractivity contribution in [3.8, 4) is 0 Å². The van der Waals surface area contributed by atoms with E-state index in [1.165, 1.54) is 0 Å². The molecular weight excluding hydrogens is 330 g/mol. The molecule has 1 amide bonds. The van der Waals surface area contributed by atoms with Gasteiger partial charge in [0, 0.05) is 0 Å². The van der Waals surface area contributed by atoms with Gasteiger partial charge in [-0.05, 0) is 60.8 Å². The lowest BCUT2D eigenvalue weighted by atomic mass is 10.1. The second-order valence-corrected chi connectivity index (χ2v) is 8.14. The maximum atomic E-state index is 11.8. The molecule has 0 rings (SSSR count). The highest BCUT2D eigenvalue weighted by Gasteiger charge is 2.24. The van der Waals surface area contributed by atoms with Crippen LogP contribution in [0.3, 0.4) is 0 Å². The average Bonchev–Trinajstić information content (AvgIpc) is 2.32. The normalized spacial score (nSPS) is 14.5. The van der Waals surface area contributed by atoms with E-state index in [0.717, 1.165) is 0 Å². The second-order valence-electron chi connectivity index (χ2n) is 7.67. The molecular formula is C16H31N3O4S. The Labute approximate surface area is 149 Å². The van der Waals surface area contributed by atoms with E-state index in [-0.39, 0.29) is 4.99 Å². The Morgan fingerprint density at radius 3 is 1.96 bits per heavy atom. The minimum atomic E-state index is -0.724. The highest BCUT2D eigenvalue weighted by molar-refractivity contribution is 7.80. The van der Waals surface area contributed by atoms with E-state index in [2.05, 4.69) is 5.32 Å². The SMILES string of the molecule is CC(C)(C)OC(=O)NC(CCC[C@H](N)C(=O)OC(C)(C)C)C(N)=S. The fourth-order valence-corrected chi connectivity index (χ4v) is 1.95. The molecule has 0 saturated carbocycles. The molecule has 0 heterocycles. The monoisotopic (exact) mass is 361 g/mol. The van der Waals surface area contributed by atoms with E-state index in [4.69, 9.17) is 33.2 Å². The van der Waals surface area contributed by atoms with Gasteiger partial charge >= 0.3 is 12.1 Å². The van der Waals surface area contributed by atoms with Gasteiger partial charge in [0.2, 0.25) is 0 Å². The third kappa shape index (κ3) is 11.2. The Hall–Kier alpha value is -1.41. The van der Waals surface area contributed by atoms with E-state index in [1.54, 1.807) is 41.5 Å². The van der Waals surface area contributed by atoms with Gasteiger partial charge < -0.3 is 26.3 Å². The molecule has 0 spiro atoms. The van der Waals surface area contributed by atoms with E-state index in [0.29, 0.717) is 19.3 Å². The minimum Gasteiger partial charge on any atom is -0.459 e. The number of ether oxygens (including phenoxy) is 2. The number of nitrogens with one attached hydrogen (secondary N) is 1. The van der Waals surface area contributed by atoms with Crippen LogP contribution in [0.15, 0.2) is 0 Å². The van der Waals surface area contributed by atoms with E-state index in [1.807, 2.05) is 0 Å². The highest BCUT2D eigenvalue weighted by atomic mass is 32.1. The van der Waals surface area contributed by atoms with Crippen molar-refractivity contribution >= 4 is 29.3 Å². The summed E-state index contributed by atoms with van der Waals surface area (Å²) in [5, 5.41) is 2.63. The molecule has 24 heavy (non-hydrogen) atoms. The van der Waals surface area contributed by atoms with Gasteiger partial charge in [0.1, 0.15) is 17.2 Å². The molecule has 2 atom stereocenters. The number of hydrogen-bond acceptors (Lipinski definition) is 6. The molecule has 0 aromatic rings. The fourth-order valence-electron chi connectivity index (χ4n) is 1.77. The summed E-state index contributed by atoms with van der Waals surface area (Å²) in [4.78, 5) is 23.8. The van der Waals surface area contributed by atoms with Crippen LogP contribution < -0.4 is 16.8 Å². The first-order valence-electron chi connectivity index (χ1n) is 7.98. The van der Waals surface area contributed by atoms with Gasteiger partial charge in [-0.15, -0.1) is 0 Å². The number of hydrogen-bond donors (Lipinski definition) is 3. The first-order chi connectivity index (χ1) is 10.7. The van der Waals surface area contributed by atoms with Gasteiger partial charge in [-0.3, -0.25) is 4.79 Å². The molecule has 0 bridgehead atoms. The zero-order valence-corrected chi connectivity index (χ0v) is 16.3. The Morgan fingerprint density at radius 2 is 1.54 bits per heavy atom. The van der Waals surface area contributed by atoms with Crippen molar-refractivity contribution in [2.75, 3.05) is 0 Å². The molecule has 0 aromatic carbocycles.